The van der Waals surface area contributed by atoms with Gasteiger partial charge in [-0.15, -0.1) is 0 Å². The maximum Gasteiger partial charge on any atom is 0.404 e. The number of primary amides is 1. The number of carbonyl (C=O) groups excluding carboxylic acids is 2. The van der Waals surface area contributed by atoms with Crippen LogP contribution in [0.1, 0.15) is 17.3 Å². The van der Waals surface area contributed by atoms with Gasteiger partial charge < -0.3 is 26.8 Å². The average molecular weight is 266 g/mol. The highest BCUT2D eigenvalue weighted by Gasteiger charge is 2.07. The first-order valence-electron chi connectivity index (χ1n) is 5.88. The molecule has 1 aromatic carbocycles. The van der Waals surface area contributed by atoms with Crippen LogP contribution in [0.3, 0.4) is 0 Å². The number of amides is 2. The van der Waals surface area contributed by atoms with Crippen molar-refractivity contribution in [1.82, 2.24) is 5.32 Å². The van der Waals surface area contributed by atoms with E-state index in [9.17, 15) is 9.59 Å². The molecule has 0 aliphatic carbocycles. The average Bonchev–Trinajstić information content (AvgIpc) is 2.36. The molecule has 0 radical (unpaired) electrons. The Morgan fingerprint density at radius 1 is 1.37 bits per heavy atom. The molecule has 7 heteroatoms. The van der Waals surface area contributed by atoms with Crippen molar-refractivity contribution in [3.63, 3.8) is 0 Å². The Bertz CT molecular complexity index is 462. The smallest absolute Gasteiger partial charge is 0.404 e. The first-order valence-corrected chi connectivity index (χ1v) is 5.88. The van der Waals surface area contributed by atoms with Crippen LogP contribution in [0.5, 0.6) is 0 Å². The minimum Gasteiger partial charge on any atom is -0.448 e. The fourth-order valence-corrected chi connectivity index (χ4v) is 1.45. The van der Waals surface area contributed by atoms with Gasteiger partial charge in [0.15, 0.2) is 0 Å². The van der Waals surface area contributed by atoms with Crippen LogP contribution >= 0.6 is 0 Å². The van der Waals surface area contributed by atoms with Crippen molar-refractivity contribution in [2.45, 2.75) is 6.92 Å². The fraction of sp³-hybridized carbons (Fsp3) is 0.333. The quantitative estimate of drug-likeness (QED) is 0.442. The Morgan fingerprint density at radius 2 is 2.11 bits per heavy atom. The molecule has 0 fully saturated rings. The van der Waals surface area contributed by atoms with Crippen LogP contribution in [-0.2, 0) is 4.74 Å². The maximum atomic E-state index is 11.7. The summed E-state index contributed by atoms with van der Waals surface area (Å²) in [4.78, 5) is 22.0. The highest BCUT2D eigenvalue weighted by Crippen LogP contribution is 2.19. The second-order valence-electron chi connectivity index (χ2n) is 3.76. The van der Waals surface area contributed by atoms with E-state index < -0.39 is 6.09 Å². The Hall–Kier alpha value is -2.44. The van der Waals surface area contributed by atoms with Gasteiger partial charge in [0, 0.05) is 18.7 Å². The Labute approximate surface area is 111 Å². The summed E-state index contributed by atoms with van der Waals surface area (Å²) >= 11 is 0. The van der Waals surface area contributed by atoms with Crippen molar-refractivity contribution in [3.05, 3.63) is 23.8 Å². The van der Waals surface area contributed by atoms with Crippen LogP contribution < -0.4 is 22.1 Å². The van der Waals surface area contributed by atoms with E-state index in [-0.39, 0.29) is 12.5 Å². The van der Waals surface area contributed by atoms with E-state index in [0.717, 1.165) is 0 Å². The third-order valence-corrected chi connectivity index (χ3v) is 2.31. The molecule has 6 N–H and O–H groups in total. The summed E-state index contributed by atoms with van der Waals surface area (Å²) < 4.78 is 4.58. The van der Waals surface area contributed by atoms with Gasteiger partial charge in [-0.2, -0.15) is 0 Å². The number of nitrogen functional groups attached to an aromatic ring is 1. The van der Waals surface area contributed by atoms with Gasteiger partial charge in [-0.3, -0.25) is 4.79 Å². The van der Waals surface area contributed by atoms with Crippen molar-refractivity contribution in [2.75, 3.05) is 30.7 Å². The van der Waals surface area contributed by atoms with Crippen molar-refractivity contribution in [3.8, 4) is 0 Å². The third-order valence-electron chi connectivity index (χ3n) is 2.31. The molecule has 0 saturated carbocycles. The monoisotopic (exact) mass is 266 g/mol. The Balaban J connectivity index is 2.64. The first-order chi connectivity index (χ1) is 9.04. The molecule has 0 spiro atoms. The van der Waals surface area contributed by atoms with Gasteiger partial charge in [0.05, 0.1) is 11.4 Å². The van der Waals surface area contributed by atoms with Crippen LogP contribution in [0.15, 0.2) is 18.2 Å². The molecule has 0 aromatic heterocycles. The van der Waals surface area contributed by atoms with Gasteiger partial charge in [0.2, 0.25) is 0 Å². The summed E-state index contributed by atoms with van der Waals surface area (Å²) in [5.41, 5.74) is 12.2. The lowest BCUT2D eigenvalue weighted by molar-refractivity contribution is 0.0956. The second kappa shape index (κ2) is 7.10. The lowest BCUT2D eigenvalue weighted by Gasteiger charge is -2.11. The lowest BCUT2D eigenvalue weighted by Crippen LogP contribution is -2.23. The number of carbonyl (C=O) groups is 2. The number of hydrogen-bond donors (Lipinski definition) is 4. The standard InChI is InChI=1S/C12H18N4O3/c1-2-15-11(17)8-3-4-9(13)10(7-8)16-5-6-19-12(14)18/h3-4,7,16H,2,5-6,13H2,1H3,(H2,14,18)(H,15,17). The fourth-order valence-electron chi connectivity index (χ4n) is 1.45. The molecule has 0 aliphatic rings. The number of rotatable bonds is 6. The molecule has 0 atom stereocenters. The van der Waals surface area contributed by atoms with E-state index in [2.05, 4.69) is 15.4 Å². The largest absolute Gasteiger partial charge is 0.448 e. The SMILES string of the molecule is CCNC(=O)c1ccc(N)c(NCCOC(N)=O)c1. The molecule has 2 amide bonds. The number of nitrogens with two attached hydrogens (primary N) is 2. The summed E-state index contributed by atoms with van der Waals surface area (Å²) in [6.45, 7) is 2.88. The minimum absolute atomic E-state index is 0.125. The van der Waals surface area contributed by atoms with Crippen molar-refractivity contribution in [1.29, 1.82) is 0 Å². The molecule has 0 aliphatic heterocycles. The van der Waals surface area contributed by atoms with Gasteiger partial charge in [-0.25, -0.2) is 4.79 Å². The summed E-state index contributed by atoms with van der Waals surface area (Å²) in [6, 6.07) is 4.93. The first kappa shape index (κ1) is 14.6. The van der Waals surface area contributed by atoms with Crippen LogP contribution in [0.4, 0.5) is 16.2 Å². The Morgan fingerprint density at radius 3 is 2.74 bits per heavy atom. The summed E-state index contributed by atoms with van der Waals surface area (Å²) in [5.74, 6) is -0.168. The summed E-state index contributed by atoms with van der Waals surface area (Å²) in [6.07, 6.45) is -0.828. The Kier molecular flexibility index (Phi) is 5.46. The van der Waals surface area contributed by atoms with Crippen LogP contribution in [0.2, 0.25) is 0 Å². The molecule has 0 unspecified atom stereocenters. The zero-order valence-electron chi connectivity index (χ0n) is 10.7. The van der Waals surface area contributed by atoms with Crippen molar-refractivity contribution in [2.24, 2.45) is 5.73 Å². The molecule has 1 aromatic rings. The van der Waals surface area contributed by atoms with Crippen molar-refractivity contribution >= 4 is 23.4 Å². The van der Waals surface area contributed by atoms with Crippen LogP contribution in [0.25, 0.3) is 0 Å². The molecular weight excluding hydrogens is 248 g/mol. The van der Waals surface area contributed by atoms with E-state index >= 15 is 0 Å². The molecule has 19 heavy (non-hydrogen) atoms. The topological polar surface area (TPSA) is 119 Å². The number of hydrogen-bond acceptors (Lipinski definition) is 5. The van der Waals surface area contributed by atoms with E-state index in [0.29, 0.717) is 30.0 Å². The molecule has 104 valence electrons. The third kappa shape index (κ3) is 4.74. The van der Waals surface area contributed by atoms with Crippen LogP contribution in [-0.4, -0.2) is 31.7 Å². The van der Waals surface area contributed by atoms with E-state index in [1.165, 1.54) is 0 Å². The predicted molar refractivity (Wildman–Crippen MR) is 72.9 cm³/mol. The van der Waals surface area contributed by atoms with Gasteiger partial charge in [0.25, 0.3) is 5.91 Å². The van der Waals surface area contributed by atoms with Gasteiger partial charge in [-0.1, -0.05) is 0 Å². The van der Waals surface area contributed by atoms with E-state index in [4.69, 9.17) is 11.5 Å². The van der Waals surface area contributed by atoms with Crippen molar-refractivity contribution < 1.29 is 14.3 Å². The van der Waals surface area contributed by atoms with Gasteiger partial charge >= 0.3 is 6.09 Å². The molecule has 7 nitrogen and oxygen atoms in total. The molecule has 1 rings (SSSR count). The van der Waals surface area contributed by atoms with E-state index in [1.54, 1.807) is 18.2 Å². The minimum atomic E-state index is -0.828. The predicted octanol–water partition coefficient (Wildman–Crippen LogP) is 0.526. The zero-order chi connectivity index (χ0) is 14.3. The maximum absolute atomic E-state index is 11.7. The number of anilines is 2. The zero-order valence-corrected chi connectivity index (χ0v) is 10.7. The molecular formula is C12H18N4O3. The van der Waals surface area contributed by atoms with Crippen LogP contribution in [0, 0.1) is 0 Å². The molecule has 0 saturated heterocycles. The number of benzene rings is 1. The highest BCUT2D eigenvalue weighted by atomic mass is 16.5. The number of nitrogens with one attached hydrogen (secondary N) is 2. The van der Waals surface area contributed by atoms with Gasteiger partial charge in [0.1, 0.15) is 6.61 Å². The summed E-state index contributed by atoms with van der Waals surface area (Å²) in [7, 11) is 0. The highest BCUT2D eigenvalue weighted by molar-refractivity contribution is 5.96. The molecule has 0 heterocycles. The number of ether oxygens (including phenoxy) is 1. The lowest BCUT2D eigenvalue weighted by atomic mass is 10.1. The molecule has 0 bridgehead atoms. The van der Waals surface area contributed by atoms with Gasteiger partial charge in [-0.05, 0) is 25.1 Å². The summed E-state index contributed by atoms with van der Waals surface area (Å²) in [5, 5.41) is 5.67. The van der Waals surface area contributed by atoms with E-state index in [1.807, 2.05) is 6.92 Å². The second-order valence-corrected chi connectivity index (χ2v) is 3.76. The normalized spacial score (nSPS) is 9.74.